The van der Waals surface area contributed by atoms with Crippen LogP contribution in [-0.2, 0) is 9.53 Å². The lowest BCUT2D eigenvalue weighted by Crippen LogP contribution is -2.50. The van der Waals surface area contributed by atoms with Crippen LogP contribution in [0.3, 0.4) is 0 Å². The maximum absolute atomic E-state index is 11.7. The summed E-state index contributed by atoms with van der Waals surface area (Å²) < 4.78 is 5.27. The molecular formula is C10H20N2O2. The number of rotatable bonds is 3. The normalized spacial score (nSPS) is 22.9. The van der Waals surface area contributed by atoms with Crippen molar-refractivity contribution in [2.75, 3.05) is 26.3 Å². The van der Waals surface area contributed by atoms with Gasteiger partial charge in [0.25, 0.3) is 0 Å². The Labute approximate surface area is 85.6 Å². The number of ether oxygens (including phenoxy) is 1. The van der Waals surface area contributed by atoms with E-state index in [1.54, 1.807) is 0 Å². The van der Waals surface area contributed by atoms with Crippen LogP contribution in [0.1, 0.15) is 20.8 Å². The van der Waals surface area contributed by atoms with Crippen molar-refractivity contribution < 1.29 is 9.53 Å². The fourth-order valence-corrected chi connectivity index (χ4v) is 1.49. The van der Waals surface area contributed by atoms with Crippen LogP contribution >= 0.6 is 0 Å². The molecule has 1 atom stereocenters. The first-order valence-corrected chi connectivity index (χ1v) is 5.22. The Balaban J connectivity index is 2.34. The minimum Gasteiger partial charge on any atom is -0.377 e. The third-order valence-electron chi connectivity index (χ3n) is 2.35. The zero-order valence-corrected chi connectivity index (χ0v) is 9.25. The van der Waals surface area contributed by atoms with Gasteiger partial charge in [-0.1, -0.05) is 13.8 Å². The summed E-state index contributed by atoms with van der Waals surface area (Å²) in [6, 6.07) is 0.570. The van der Waals surface area contributed by atoms with Crippen molar-refractivity contribution in [2.45, 2.75) is 32.9 Å². The molecule has 1 heterocycles. The summed E-state index contributed by atoms with van der Waals surface area (Å²) in [4.78, 5) is 13.6. The van der Waals surface area contributed by atoms with Gasteiger partial charge in [-0.2, -0.15) is 0 Å². The molecule has 0 bridgehead atoms. The fourth-order valence-electron chi connectivity index (χ4n) is 1.49. The van der Waals surface area contributed by atoms with Crippen molar-refractivity contribution in [2.24, 2.45) is 0 Å². The second-order valence-electron chi connectivity index (χ2n) is 4.05. The Hall–Kier alpha value is -0.610. The molecule has 0 aromatic rings. The zero-order valence-electron chi connectivity index (χ0n) is 9.25. The fraction of sp³-hybridized carbons (Fsp3) is 0.900. The molecule has 4 nitrogen and oxygen atoms in total. The molecule has 1 fully saturated rings. The van der Waals surface area contributed by atoms with E-state index in [2.05, 4.69) is 5.32 Å². The van der Waals surface area contributed by atoms with Gasteiger partial charge in [0.2, 0.25) is 5.91 Å². The highest BCUT2D eigenvalue weighted by Gasteiger charge is 2.23. The molecule has 0 aromatic carbocycles. The predicted octanol–water partition coefficient (Wildman–Crippen LogP) is 0.232. The summed E-state index contributed by atoms with van der Waals surface area (Å²) in [6.45, 7) is 8.57. The molecule has 0 aromatic heterocycles. The molecule has 4 heteroatoms. The molecule has 1 saturated heterocycles. The Bertz CT molecular complexity index is 195. The quantitative estimate of drug-likeness (QED) is 0.709. The molecule has 1 amide bonds. The summed E-state index contributed by atoms with van der Waals surface area (Å²) in [5, 5.41) is 3.13. The van der Waals surface area contributed by atoms with Gasteiger partial charge in [0.15, 0.2) is 0 Å². The summed E-state index contributed by atoms with van der Waals surface area (Å²) in [7, 11) is 0. The third-order valence-corrected chi connectivity index (χ3v) is 2.35. The highest BCUT2D eigenvalue weighted by atomic mass is 16.5. The molecule has 82 valence electrons. The van der Waals surface area contributed by atoms with Crippen LogP contribution in [0.4, 0.5) is 0 Å². The van der Waals surface area contributed by atoms with E-state index in [0.717, 1.165) is 6.54 Å². The van der Waals surface area contributed by atoms with E-state index in [9.17, 15) is 4.79 Å². The lowest BCUT2D eigenvalue weighted by Gasteiger charge is -2.33. The van der Waals surface area contributed by atoms with Crippen molar-refractivity contribution >= 4 is 5.91 Å². The molecule has 0 aliphatic carbocycles. The summed E-state index contributed by atoms with van der Waals surface area (Å²) in [6.07, 6.45) is 0. The summed E-state index contributed by atoms with van der Waals surface area (Å²) in [5.74, 6) is 0.175. The van der Waals surface area contributed by atoms with Crippen LogP contribution in [0.5, 0.6) is 0 Å². The predicted molar refractivity (Wildman–Crippen MR) is 55.1 cm³/mol. The van der Waals surface area contributed by atoms with Crippen LogP contribution in [0.15, 0.2) is 0 Å². The van der Waals surface area contributed by atoms with Gasteiger partial charge in [-0.15, -0.1) is 0 Å². The Morgan fingerprint density at radius 1 is 1.64 bits per heavy atom. The number of carbonyl (C=O) groups excluding carboxylic acids is 1. The van der Waals surface area contributed by atoms with Gasteiger partial charge in [0.1, 0.15) is 0 Å². The molecular weight excluding hydrogens is 180 g/mol. The number of hydrogen-bond acceptors (Lipinski definition) is 3. The zero-order chi connectivity index (χ0) is 10.6. The van der Waals surface area contributed by atoms with E-state index < -0.39 is 0 Å². The first kappa shape index (κ1) is 11.5. The molecule has 0 radical (unpaired) electrons. The van der Waals surface area contributed by atoms with Gasteiger partial charge in [0, 0.05) is 12.6 Å². The Kier molecular flexibility index (Phi) is 4.35. The Morgan fingerprint density at radius 3 is 2.93 bits per heavy atom. The molecule has 0 saturated carbocycles. The Morgan fingerprint density at radius 2 is 2.36 bits per heavy atom. The largest absolute Gasteiger partial charge is 0.377 e. The average molecular weight is 200 g/mol. The number of morpholine rings is 1. The standard InChI is InChI=1S/C10H20N2O2/c1-8(2)11-6-10(13)12-4-5-14-7-9(12)3/h8-9,11H,4-7H2,1-3H3. The highest BCUT2D eigenvalue weighted by Crippen LogP contribution is 2.05. The first-order chi connectivity index (χ1) is 6.61. The number of hydrogen-bond donors (Lipinski definition) is 1. The van der Waals surface area contributed by atoms with Gasteiger partial charge < -0.3 is 15.0 Å². The van der Waals surface area contributed by atoms with Gasteiger partial charge in [0.05, 0.1) is 25.8 Å². The maximum Gasteiger partial charge on any atom is 0.236 e. The molecule has 1 aliphatic heterocycles. The van der Waals surface area contributed by atoms with Crippen molar-refractivity contribution in [3.63, 3.8) is 0 Å². The number of nitrogens with one attached hydrogen (secondary N) is 1. The molecule has 1 N–H and O–H groups in total. The second-order valence-corrected chi connectivity index (χ2v) is 4.05. The average Bonchev–Trinajstić information content (AvgIpc) is 2.15. The molecule has 1 rings (SSSR count). The van der Waals surface area contributed by atoms with Crippen LogP contribution in [0.25, 0.3) is 0 Å². The van der Waals surface area contributed by atoms with Gasteiger partial charge in [-0.25, -0.2) is 0 Å². The monoisotopic (exact) mass is 200 g/mol. The van der Waals surface area contributed by atoms with Crippen molar-refractivity contribution in [1.82, 2.24) is 10.2 Å². The number of amides is 1. The minimum absolute atomic E-state index is 0.175. The van der Waals surface area contributed by atoms with E-state index in [0.29, 0.717) is 25.8 Å². The molecule has 1 unspecified atom stereocenters. The second kappa shape index (κ2) is 5.32. The smallest absolute Gasteiger partial charge is 0.236 e. The first-order valence-electron chi connectivity index (χ1n) is 5.22. The molecule has 1 aliphatic rings. The lowest BCUT2D eigenvalue weighted by atomic mass is 10.2. The summed E-state index contributed by atoms with van der Waals surface area (Å²) >= 11 is 0. The van der Waals surface area contributed by atoms with Crippen LogP contribution in [-0.4, -0.2) is 49.2 Å². The van der Waals surface area contributed by atoms with E-state index in [1.165, 1.54) is 0 Å². The minimum atomic E-state index is 0.175. The van der Waals surface area contributed by atoms with Crippen molar-refractivity contribution in [3.8, 4) is 0 Å². The van der Waals surface area contributed by atoms with Gasteiger partial charge >= 0.3 is 0 Å². The van der Waals surface area contributed by atoms with Crippen LogP contribution in [0, 0.1) is 0 Å². The van der Waals surface area contributed by atoms with Gasteiger partial charge in [-0.3, -0.25) is 4.79 Å². The highest BCUT2D eigenvalue weighted by molar-refractivity contribution is 5.78. The van der Waals surface area contributed by atoms with E-state index in [-0.39, 0.29) is 11.9 Å². The SMILES string of the molecule is CC(C)NCC(=O)N1CCOCC1C. The lowest BCUT2D eigenvalue weighted by molar-refractivity contribution is -0.138. The van der Waals surface area contributed by atoms with Crippen molar-refractivity contribution in [1.29, 1.82) is 0 Å². The van der Waals surface area contributed by atoms with Gasteiger partial charge in [-0.05, 0) is 6.92 Å². The van der Waals surface area contributed by atoms with E-state index >= 15 is 0 Å². The number of carbonyl (C=O) groups is 1. The molecule has 14 heavy (non-hydrogen) atoms. The molecule has 0 spiro atoms. The topological polar surface area (TPSA) is 41.6 Å². The van der Waals surface area contributed by atoms with E-state index in [1.807, 2.05) is 25.7 Å². The van der Waals surface area contributed by atoms with Crippen molar-refractivity contribution in [3.05, 3.63) is 0 Å². The third kappa shape index (κ3) is 3.27. The number of nitrogens with zero attached hydrogens (tertiary/aromatic N) is 1. The summed E-state index contributed by atoms with van der Waals surface area (Å²) in [5.41, 5.74) is 0. The van der Waals surface area contributed by atoms with E-state index in [4.69, 9.17) is 4.74 Å². The van der Waals surface area contributed by atoms with Crippen LogP contribution < -0.4 is 5.32 Å². The maximum atomic E-state index is 11.7. The van der Waals surface area contributed by atoms with Crippen LogP contribution in [0.2, 0.25) is 0 Å².